The van der Waals surface area contributed by atoms with Crippen LogP contribution in [0.5, 0.6) is 0 Å². The molecule has 136 valence electrons. The van der Waals surface area contributed by atoms with E-state index in [0.717, 1.165) is 5.56 Å². The highest BCUT2D eigenvalue weighted by Gasteiger charge is 2.21. The van der Waals surface area contributed by atoms with Crippen LogP contribution in [0.3, 0.4) is 0 Å². The van der Waals surface area contributed by atoms with E-state index in [4.69, 9.17) is 0 Å². The van der Waals surface area contributed by atoms with Crippen LogP contribution in [0.25, 0.3) is 11.4 Å². The summed E-state index contributed by atoms with van der Waals surface area (Å²) in [6.45, 7) is 2.89. The van der Waals surface area contributed by atoms with E-state index in [9.17, 15) is 9.59 Å². The number of carbonyl (C=O) groups excluding carboxylic acids is 2. The monoisotopic (exact) mass is 355 g/mol. The number of piperazine rings is 1. The third-order valence-corrected chi connectivity index (χ3v) is 4.16. The van der Waals surface area contributed by atoms with Gasteiger partial charge in [-0.2, -0.15) is 0 Å². The van der Waals surface area contributed by atoms with Crippen molar-refractivity contribution in [1.82, 2.24) is 25.3 Å². The minimum Gasteiger partial charge on any atom is -0.468 e. The lowest BCUT2D eigenvalue weighted by atomic mass is 10.2. The standard InChI is InChI=1S/C18H21N5O3/c1-26-16(24)13-22-7-9-23(10-8-22)21-18(25)15-11-19-17(20-12-15)14-5-3-2-4-6-14/h2-6,11-12H,7-10,13H2,1H3,(H,21,25). The number of nitrogens with zero attached hydrogens (tertiary/aromatic N) is 4. The Kier molecular flexibility index (Phi) is 5.88. The number of methoxy groups -OCH3 is 1. The highest BCUT2D eigenvalue weighted by Crippen LogP contribution is 2.13. The number of ether oxygens (including phenoxy) is 1. The number of rotatable bonds is 5. The maximum atomic E-state index is 12.3. The number of benzene rings is 1. The Balaban J connectivity index is 1.52. The van der Waals surface area contributed by atoms with E-state index in [-0.39, 0.29) is 18.4 Å². The normalized spacial score (nSPS) is 15.4. The molecule has 8 heteroatoms. The zero-order valence-corrected chi connectivity index (χ0v) is 14.6. The van der Waals surface area contributed by atoms with Gasteiger partial charge in [0.1, 0.15) is 0 Å². The number of hydrogen-bond donors (Lipinski definition) is 1. The highest BCUT2D eigenvalue weighted by molar-refractivity contribution is 5.93. The molecule has 1 aliphatic heterocycles. The first-order valence-corrected chi connectivity index (χ1v) is 8.38. The summed E-state index contributed by atoms with van der Waals surface area (Å²) in [7, 11) is 1.38. The van der Waals surface area contributed by atoms with Crippen molar-refractivity contribution < 1.29 is 14.3 Å². The van der Waals surface area contributed by atoms with Gasteiger partial charge in [0, 0.05) is 44.1 Å². The Morgan fingerprint density at radius 3 is 2.35 bits per heavy atom. The smallest absolute Gasteiger partial charge is 0.319 e. The molecule has 1 saturated heterocycles. The van der Waals surface area contributed by atoms with E-state index in [1.165, 1.54) is 19.5 Å². The van der Waals surface area contributed by atoms with Crippen LogP contribution < -0.4 is 5.43 Å². The number of hydrogen-bond acceptors (Lipinski definition) is 7. The third kappa shape index (κ3) is 4.62. The van der Waals surface area contributed by atoms with Crippen LogP contribution in [-0.4, -0.2) is 71.6 Å². The summed E-state index contributed by atoms with van der Waals surface area (Å²) in [5.74, 6) is 0.0859. The Bertz CT molecular complexity index is 743. The van der Waals surface area contributed by atoms with E-state index >= 15 is 0 Å². The Labute approximate surface area is 151 Å². The van der Waals surface area contributed by atoms with Crippen LogP contribution in [0.4, 0.5) is 0 Å². The van der Waals surface area contributed by atoms with E-state index in [2.05, 4.69) is 20.1 Å². The molecule has 3 rings (SSSR count). The van der Waals surface area contributed by atoms with Gasteiger partial charge in [-0.25, -0.2) is 15.0 Å². The first-order chi connectivity index (χ1) is 12.7. The van der Waals surface area contributed by atoms with Crippen LogP contribution in [0.15, 0.2) is 42.7 Å². The topological polar surface area (TPSA) is 87.7 Å². The second kappa shape index (κ2) is 8.50. The summed E-state index contributed by atoms with van der Waals surface area (Å²) in [6, 6.07) is 9.60. The molecular weight excluding hydrogens is 334 g/mol. The third-order valence-electron chi connectivity index (χ3n) is 4.16. The van der Waals surface area contributed by atoms with E-state index in [1.807, 2.05) is 40.2 Å². The van der Waals surface area contributed by atoms with E-state index in [1.54, 1.807) is 0 Å². The van der Waals surface area contributed by atoms with E-state index < -0.39 is 0 Å². The van der Waals surface area contributed by atoms with Crippen molar-refractivity contribution in [3.63, 3.8) is 0 Å². The molecule has 1 N–H and O–H groups in total. The van der Waals surface area contributed by atoms with Crippen molar-refractivity contribution in [2.24, 2.45) is 0 Å². The predicted molar refractivity (Wildman–Crippen MR) is 95.0 cm³/mol. The maximum absolute atomic E-state index is 12.3. The Morgan fingerprint density at radius 2 is 1.73 bits per heavy atom. The molecule has 0 radical (unpaired) electrons. The molecule has 2 heterocycles. The van der Waals surface area contributed by atoms with Crippen LogP contribution in [0.2, 0.25) is 0 Å². The molecule has 1 aliphatic rings. The average Bonchev–Trinajstić information content (AvgIpc) is 2.70. The molecule has 0 bridgehead atoms. The molecule has 26 heavy (non-hydrogen) atoms. The van der Waals surface area contributed by atoms with Gasteiger partial charge in [-0.1, -0.05) is 30.3 Å². The molecule has 0 unspecified atom stereocenters. The van der Waals surface area contributed by atoms with Gasteiger partial charge in [0.2, 0.25) is 0 Å². The molecular formula is C18H21N5O3. The zero-order valence-electron chi connectivity index (χ0n) is 14.6. The van der Waals surface area contributed by atoms with Crippen LogP contribution in [0.1, 0.15) is 10.4 Å². The number of amides is 1. The number of esters is 1. The summed E-state index contributed by atoms with van der Waals surface area (Å²) in [5, 5.41) is 1.83. The van der Waals surface area contributed by atoms with Gasteiger partial charge >= 0.3 is 5.97 Å². The molecule has 0 aliphatic carbocycles. The minimum atomic E-state index is -0.252. The molecule has 1 aromatic carbocycles. The molecule has 2 aromatic rings. The van der Waals surface area contributed by atoms with Crippen molar-refractivity contribution >= 4 is 11.9 Å². The lowest BCUT2D eigenvalue weighted by Gasteiger charge is -2.33. The van der Waals surface area contributed by atoms with Crippen LogP contribution >= 0.6 is 0 Å². The maximum Gasteiger partial charge on any atom is 0.319 e. The Morgan fingerprint density at radius 1 is 1.08 bits per heavy atom. The SMILES string of the molecule is COC(=O)CN1CCN(NC(=O)c2cnc(-c3ccccc3)nc2)CC1. The van der Waals surface area contributed by atoms with Gasteiger partial charge in [0.15, 0.2) is 5.82 Å². The molecule has 1 amide bonds. The molecule has 1 aromatic heterocycles. The van der Waals surface area contributed by atoms with Gasteiger partial charge in [-0.15, -0.1) is 0 Å². The fraction of sp³-hybridized carbons (Fsp3) is 0.333. The van der Waals surface area contributed by atoms with Gasteiger partial charge in [0.05, 0.1) is 19.2 Å². The predicted octanol–water partition coefficient (Wildman–Crippen LogP) is 0.579. The van der Waals surface area contributed by atoms with Crippen molar-refractivity contribution in [3.8, 4) is 11.4 Å². The number of aromatic nitrogens is 2. The quantitative estimate of drug-likeness (QED) is 0.785. The summed E-state index contributed by atoms with van der Waals surface area (Å²) < 4.78 is 4.67. The average molecular weight is 355 g/mol. The van der Waals surface area contributed by atoms with Crippen molar-refractivity contribution in [2.45, 2.75) is 0 Å². The molecule has 0 saturated carbocycles. The first kappa shape index (κ1) is 18.0. The van der Waals surface area contributed by atoms with Gasteiger partial charge < -0.3 is 4.74 Å². The minimum absolute atomic E-state index is 0.244. The zero-order chi connectivity index (χ0) is 18.4. The second-order valence-corrected chi connectivity index (χ2v) is 5.94. The van der Waals surface area contributed by atoms with Crippen molar-refractivity contribution in [1.29, 1.82) is 0 Å². The fourth-order valence-electron chi connectivity index (χ4n) is 2.65. The Hall–Kier alpha value is -2.84. The fourth-order valence-corrected chi connectivity index (χ4v) is 2.65. The number of nitrogens with one attached hydrogen (secondary N) is 1. The van der Waals surface area contributed by atoms with Gasteiger partial charge in [-0.3, -0.25) is 19.9 Å². The highest BCUT2D eigenvalue weighted by atomic mass is 16.5. The molecule has 0 atom stereocenters. The first-order valence-electron chi connectivity index (χ1n) is 8.38. The number of carbonyl (C=O) groups is 2. The molecule has 8 nitrogen and oxygen atoms in total. The lowest BCUT2D eigenvalue weighted by molar-refractivity contribution is -0.142. The second-order valence-electron chi connectivity index (χ2n) is 5.94. The van der Waals surface area contributed by atoms with Gasteiger partial charge in [-0.05, 0) is 0 Å². The van der Waals surface area contributed by atoms with Gasteiger partial charge in [0.25, 0.3) is 5.91 Å². The van der Waals surface area contributed by atoms with E-state index in [0.29, 0.717) is 37.6 Å². The summed E-state index contributed by atoms with van der Waals surface area (Å²) in [5.41, 5.74) is 4.16. The number of hydrazine groups is 1. The summed E-state index contributed by atoms with van der Waals surface area (Å²) in [4.78, 5) is 34.2. The lowest BCUT2D eigenvalue weighted by Crippen LogP contribution is -2.54. The summed E-state index contributed by atoms with van der Waals surface area (Å²) >= 11 is 0. The van der Waals surface area contributed by atoms with Crippen LogP contribution in [0, 0.1) is 0 Å². The summed E-state index contributed by atoms with van der Waals surface area (Å²) in [6.07, 6.45) is 3.05. The molecule has 1 fully saturated rings. The van der Waals surface area contributed by atoms with Crippen molar-refractivity contribution in [3.05, 3.63) is 48.3 Å². The molecule has 0 spiro atoms. The largest absolute Gasteiger partial charge is 0.468 e. The van der Waals surface area contributed by atoms with Crippen molar-refractivity contribution in [2.75, 3.05) is 39.8 Å². The van der Waals surface area contributed by atoms with Crippen LogP contribution in [-0.2, 0) is 9.53 Å².